The van der Waals surface area contributed by atoms with Crippen LogP contribution in [0.2, 0.25) is 0 Å². The fourth-order valence-corrected chi connectivity index (χ4v) is 3.03. The average Bonchev–Trinajstić information content (AvgIpc) is 2.64. The van der Waals surface area contributed by atoms with Crippen molar-refractivity contribution in [3.8, 4) is 0 Å². The normalized spacial score (nSPS) is 12.1. The van der Waals surface area contributed by atoms with Gasteiger partial charge in [0, 0.05) is 12.6 Å². The van der Waals surface area contributed by atoms with Gasteiger partial charge in [-0.2, -0.15) is 0 Å². The number of carbonyl (C=O) groups is 3. The molecule has 9 nitrogen and oxygen atoms in total. The van der Waals surface area contributed by atoms with E-state index >= 15 is 0 Å². The van der Waals surface area contributed by atoms with Crippen molar-refractivity contribution in [1.29, 1.82) is 0 Å². The predicted octanol–water partition coefficient (Wildman–Crippen LogP) is 1.16. The van der Waals surface area contributed by atoms with E-state index < -0.39 is 34.5 Å². The van der Waals surface area contributed by atoms with E-state index in [-0.39, 0.29) is 23.0 Å². The molecule has 1 rings (SSSR count). The molecule has 0 saturated carbocycles. The number of hydrogen-bond donors (Lipinski definition) is 3. The lowest BCUT2D eigenvalue weighted by Crippen LogP contribution is -2.44. The number of sulfonamides is 1. The fraction of sp³-hybridized carbons (Fsp3) is 0.471. The second-order valence-corrected chi connectivity index (χ2v) is 7.60. The van der Waals surface area contributed by atoms with E-state index in [0.717, 1.165) is 6.07 Å². The molecule has 0 radical (unpaired) electrons. The van der Waals surface area contributed by atoms with Crippen molar-refractivity contribution in [1.82, 2.24) is 15.4 Å². The van der Waals surface area contributed by atoms with Gasteiger partial charge in [0.05, 0.1) is 10.5 Å². The summed E-state index contributed by atoms with van der Waals surface area (Å²) in [6, 6.07) is 4.49. The van der Waals surface area contributed by atoms with Crippen LogP contribution in [0.5, 0.6) is 0 Å². The third-order valence-electron chi connectivity index (χ3n) is 3.50. The summed E-state index contributed by atoms with van der Waals surface area (Å²) in [5.41, 5.74) is -0.0220. The van der Waals surface area contributed by atoms with Gasteiger partial charge in [0.25, 0.3) is 5.91 Å². The molecule has 0 fully saturated rings. The molecule has 0 unspecified atom stereocenters. The standard InChI is InChI=1S/C17H25N3O6S/c1-4-9-18-27(24,25)14-8-6-7-13(10-14)16(22)26-11-15(21)20-17(23)19-12(3)5-2/h6-8,10,12,18H,4-5,9,11H2,1-3H3,(H2,19,20,21,23)/t12-/m0/s1. The molecule has 0 heterocycles. The molecule has 0 saturated heterocycles. The van der Waals surface area contributed by atoms with Gasteiger partial charge in [-0.05, 0) is 38.0 Å². The largest absolute Gasteiger partial charge is 0.452 e. The Morgan fingerprint density at radius 3 is 2.52 bits per heavy atom. The number of esters is 1. The molecule has 3 N–H and O–H groups in total. The van der Waals surface area contributed by atoms with Crippen molar-refractivity contribution < 1.29 is 27.5 Å². The van der Waals surface area contributed by atoms with Crippen molar-refractivity contribution in [3.05, 3.63) is 29.8 Å². The summed E-state index contributed by atoms with van der Waals surface area (Å²) >= 11 is 0. The molecular formula is C17H25N3O6S. The highest BCUT2D eigenvalue weighted by Gasteiger charge is 2.17. The second kappa shape index (κ2) is 10.6. The van der Waals surface area contributed by atoms with Crippen molar-refractivity contribution in [3.63, 3.8) is 0 Å². The van der Waals surface area contributed by atoms with Crippen LogP contribution in [0.4, 0.5) is 4.79 Å². The highest BCUT2D eigenvalue weighted by atomic mass is 32.2. The minimum atomic E-state index is -3.73. The van der Waals surface area contributed by atoms with Crippen LogP contribution >= 0.6 is 0 Å². The number of imide groups is 1. The average molecular weight is 399 g/mol. The molecule has 1 aromatic rings. The molecule has 0 spiro atoms. The molecule has 1 aromatic carbocycles. The fourth-order valence-electron chi connectivity index (χ4n) is 1.85. The first-order valence-corrected chi connectivity index (χ1v) is 10.0. The molecule has 0 bridgehead atoms. The number of nitrogens with one attached hydrogen (secondary N) is 3. The summed E-state index contributed by atoms with van der Waals surface area (Å²) < 4.78 is 31.4. The first kappa shape index (κ1) is 22.6. The van der Waals surface area contributed by atoms with E-state index in [9.17, 15) is 22.8 Å². The molecule has 150 valence electrons. The maximum Gasteiger partial charge on any atom is 0.338 e. The van der Waals surface area contributed by atoms with Gasteiger partial charge in [0.15, 0.2) is 6.61 Å². The lowest BCUT2D eigenvalue weighted by atomic mass is 10.2. The van der Waals surface area contributed by atoms with Crippen molar-refractivity contribution in [2.45, 2.75) is 44.6 Å². The Kier molecular flexibility index (Phi) is 8.89. The van der Waals surface area contributed by atoms with Crippen molar-refractivity contribution in [2.75, 3.05) is 13.2 Å². The van der Waals surface area contributed by atoms with Crippen LogP contribution < -0.4 is 15.4 Å². The predicted molar refractivity (Wildman–Crippen MR) is 98.6 cm³/mol. The molecule has 10 heteroatoms. The summed E-state index contributed by atoms with van der Waals surface area (Å²) in [6.07, 6.45) is 1.32. The molecule has 3 amide bonds. The van der Waals surface area contributed by atoms with Crippen LogP contribution in [0.25, 0.3) is 0 Å². The Morgan fingerprint density at radius 1 is 1.19 bits per heavy atom. The molecule has 0 aliphatic heterocycles. The highest BCUT2D eigenvalue weighted by Crippen LogP contribution is 2.12. The van der Waals surface area contributed by atoms with E-state index in [1.54, 1.807) is 6.92 Å². The number of amides is 3. The lowest BCUT2D eigenvalue weighted by Gasteiger charge is -2.12. The van der Waals surface area contributed by atoms with Gasteiger partial charge < -0.3 is 10.1 Å². The van der Waals surface area contributed by atoms with Gasteiger partial charge in [-0.25, -0.2) is 22.7 Å². The van der Waals surface area contributed by atoms with E-state index in [1.165, 1.54) is 18.2 Å². The Balaban J connectivity index is 2.64. The Hall–Kier alpha value is -2.46. The van der Waals surface area contributed by atoms with Crippen LogP contribution in [0.3, 0.4) is 0 Å². The number of carbonyl (C=O) groups excluding carboxylic acids is 3. The van der Waals surface area contributed by atoms with Gasteiger partial charge in [-0.15, -0.1) is 0 Å². The van der Waals surface area contributed by atoms with E-state index in [1.807, 2.05) is 19.2 Å². The third-order valence-corrected chi connectivity index (χ3v) is 4.96. The number of ether oxygens (including phenoxy) is 1. The van der Waals surface area contributed by atoms with Crippen molar-refractivity contribution >= 4 is 27.9 Å². The van der Waals surface area contributed by atoms with Gasteiger partial charge in [-0.1, -0.05) is 19.9 Å². The number of hydrogen-bond acceptors (Lipinski definition) is 6. The number of benzene rings is 1. The molecule has 0 aliphatic rings. The zero-order valence-electron chi connectivity index (χ0n) is 15.6. The summed E-state index contributed by atoms with van der Waals surface area (Å²) in [7, 11) is -3.73. The summed E-state index contributed by atoms with van der Waals surface area (Å²) in [5, 5.41) is 4.57. The van der Waals surface area contributed by atoms with Crippen LogP contribution in [0, 0.1) is 0 Å². The number of urea groups is 1. The molecule has 0 aromatic heterocycles. The maximum atomic E-state index is 12.1. The molecule has 1 atom stereocenters. The first-order chi connectivity index (χ1) is 12.7. The molecule has 27 heavy (non-hydrogen) atoms. The smallest absolute Gasteiger partial charge is 0.338 e. The first-order valence-electron chi connectivity index (χ1n) is 8.56. The van der Waals surface area contributed by atoms with E-state index in [4.69, 9.17) is 4.74 Å². The van der Waals surface area contributed by atoms with E-state index in [2.05, 4.69) is 10.0 Å². The van der Waals surface area contributed by atoms with Gasteiger partial charge >= 0.3 is 12.0 Å². The lowest BCUT2D eigenvalue weighted by molar-refractivity contribution is -0.123. The summed E-state index contributed by atoms with van der Waals surface area (Å²) in [4.78, 5) is 35.1. The van der Waals surface area contributed by atoms with Crippen molar-refractivity contribution in [2.24, 2.45) is 0 Å². The summed E-state index contributed by atoms with van der Waals surface area (Å²) in [6.45, 7) is 5.08. The third kappa shape index (κ3) is 7.75. The molecule has 0 aliphatic carbocycles. The number of rotatable bonds is 9. The minimum Gasteiger partial charge on any atom is -0.452 e. The van der Waals surface area contributed by atoms with Gasteiger partial charge in [0.1, 0.15) is 0 Å². The Bertz CT molecular complexity index is 779. The zero-order chi connectivity index (χ0) is 20.4. The van der Waals surface area contributed by atoms with Crippen LogP contribution in [-0.2, 0) is 19.6 Å². The monoisotopic (exact) mass is 399 g/mol. The quantitative estimate of drug-likeness (QED) is 0.534. The maximum absolute atomic E-state index is 12.1. The topological polar surface area (TPSA) is 131 Å². The van der Waals surface area contributed by atoms with Crippen LogP contribution in [-0.4, -0.2) is 45.5 Å². The molecular weight excluding hydrogens is 374 g/mol. The zero-order valence-corrected chi connectivity index (χ0v) is 16.4. The highest BCUT2D eigenvalue weighted by molar-refractivity contribution is 7.89. The van der Waals surface area contributed by atoms with Crippen LogP contribution in [0.1, 0.15) is 44.0 Å². The van der Waals surface area contributed by atoms with E-state index in [0.29, 0.717) is 12.8 Å². The summed E-state index contributed by atoms with van der Waals surface area (Å²) in [5.74, 6) is -1.67. The Labute approximate surface area is 158 Å². The second-order valence-electron chi connectivity index (χ2n) is 5.83. The van der Waals surface area contributed by atoms with Gasteiger partial charge in [-0.3, -0.25) is 10.1 Å². The van der Waals surface area contributed by atoms with Crippen LogP contribution in [0.15, 0.2) is 29.2 Å². The SMILES string of the molecule is CCCNS(=O)(=O)c1cccc(C(=O)OCC(=O)NC(=O)N[C@@H](C)CC)c1. The minimum absolute atomic E-state index is 0.0220. The van der Waals surface area contributed by atoms with Gasteiger partial charge in [0.2, 0.25) is 10.0 Å². The Morgan fingerprint density at radius 2 is 1.89 bits per heavy atom.